The van der Waals surface area contributed by atoms with Gasteiger partial charge in [-0.05, 0) is 49.9 Å². The Labute approximate surface area is 156 Å². The number of ether oxygens (including phenoxy) is 2. The first-order chi connectivity index (χ1) is 12.7. The van der Waals surface area contributed by atoms with E-state index >= 15 is 0 Å². The molecule has 1 N–H and O–H groups in total. The van der Waals surface area contributed by atoms with Gasteiger partial charge >= 0.3 is 0 Å². The Hall–Kier alpha value is -1.78. The minimum atomic E-state index is 0.189. The number of benzene rings is 1. The Morgan fingerprint density at radius 1 is 1.19 bits per heavy atom. The number of hydrogen-bond donors (Lipinski definition) is 1. The van der Waals surface area contributed by atoms with Gasteiger partial charge in [0.25, 0.3) is 0 Å². The fourth-order valence-corrected chi connectivity index (χ4v) is 3.80. The lowest BCUT2D eigenvalue weighted by atomic mass is 9.91. The van der Waals surface area contributed by atoms with E-state index in [0.29, 0.717) is 18.1 Å². The first-order valence-corrected chi connectivity index (χ1v) is 9.70. The molecule has 0 unspecified atom stereocenters. The highest BCUT2D eigenvalue weighted by molar-refractivity contribution is 5.39. The molecule has 1 aliphatic heterocycles. The topological polar surface area (TPSA) is 43.6 Å². The minimum absolute atomic E-state index is 0.189. The summed E-state index contributed by atoms with van der Waals surface area (Å²) in [5.74, 6) is 2.67. The second-order valence-electron chi connectivity index (χ2n) is 7.43. The van der Waals surface area contributed by atoms with E-state index in [-0.39, 0.29) is 5.92 Å². The summed E-state index contributed by atoms with van der Waals surface area (Å²) in [5.41, 5.74) is 1.18. The van der Waals surface area contributed by atoms with Gasteiger partial charge in [-0.15, -0.1) is 0 Å². The number of rotatable bonds is 8. The van der Waals surface area contributed by atoms with Gasteiger partial charge in [0.05, 0.1) is 19.5 Å². The van der Waals surface area contributed by atoms with Crippen LogP contribution < -0.4 is 10.1 Å². The van der Waals surface area contributed by atoms with E-state index in [9.17, 15) is 0 Å². The Morgan fingerprint density at radius 2 is 2.04 bits per heavy atom. The molecule has 2 heterocycles. The zero-order chi connectivity index (χ0) is 18.4. The summed E-state index contributed by atoms with van der Waals surface area (Å²) < 4.78 is 17.2. The lowest BCUT2D eigenvalue weighted by Crippen LogP contribution is -2.41. The van der Waals surface area contributed by atoms with Gasteiger partial charge < -0.3 is 19.2 Å². The van der Waals surface area contributed by atoms with Gasteiger partial charge in [-0.1, -0.05) is 32.0 Å². The minimum Gasteiger partial charge on any atom is -0.496 e. The number of nitrogens with one attached hydrogen (secondary N) is 1. The summed E-state index contributed by atoms with van der Waals surface area (Å²) in [6, 6.07) is 12.8. The molecule has 142 valence electrons. The fraction of sp³-hybridized carbons (Fsp3) is 0.545. The van der Waals surface area contributed by atoms with Gasteiger partial charge in [0.2, 0.25) is 0 Å². The molecule has 1 aromatic heterocycles. The van der Waals surface area contributed by atoms with Gasteiger partial charge in [-0.2, -0.15) is 0 Å². The van der Waals surface area contributed by atoms with E-state index < -0.39 is 0 Å². The van der Waals surface area contributed by atoms with Crippen LogP contribution in [0.25, 0.3) is 0 Å². The Kier molecular flexibility index (Phi) is 6.75. The van der Waals surface area contributed by atoms with Crippen LogP contribution in [0, 0.1) is 5.92 Å². The summed E-state index contributed by atoms with van der Waals surface area (Å²) in [6.07, 6.45) is 5.27. The van der Waals surface area contributed by atoms with Crippen LogP contribution in [0.5, 0.6) is 5.75 Å². The SMILES string of the molecule is COc1ccccc1[C@H](CCN[C@H]1CCO[C@H](C(C)C)C1)c1ccco1. The van der Waals surface area contributed by atoms with Crippen LogP contribution in [-0.4, -0.2) is 32.4 Å². The third kappa shape index (κ3) is 4.68. The summed E-state index contributed by atoms with van der Waals surface area (Å²) in [4.78, 5) is 0. The zero-order valence-corrected chi connectivity index (χ0v) is 16.1. The van der Waals surface area contributed by atoms with Crippen molar-refractivity contribution in [3.63, 3.8) is 0 Å². The number of methoxy groups -OCH3 is 1. The standard InChI is InChI=1S/C22H31NO3/c1-16(2)22-15-17(11-14-26-22)23-12-10-19(21-9-6-13-25-21)18-7-4-5-8-20(18)24-3/h4-9,13,16-17,19,22-23H,10-12,14-15H2,1-3H3/t17-,19-,22-/m0/s1. The monoisotopic (exact) mass is 357 g/mol. The molecular weight excluding hydrogens is 326 g/mol. The molecule has 0 radical (unpaired) electrons. The first-order valence-electron chi connectivity index (χ1n) is 9.70. The molecule has 0 saturated carbocycles. The average Bonchev–Trinajstić information content (AvgIpc) is 3.20. The quantitative estimate of drug-likeness (QED) is 0.750. The van der Waals surface area contributed by atoms with Crippen molar-refractivity contribution in [1.29, 1.82) is 0 Å². The number of hydrogen-bond acceptors (Lipinski definition) is 4. The second-order valence-corrected chi connectivity index (χ2v) is 7.43. The van der Waals surface area contributed by atoms with Crippen LogP contribution in [0.15, 0.2) is 47.1 Å². The lowest BCUT2D eigenvalue weighted by Gasteiger charge is -2.32. The maximum absolute atomic E-state index is 5.88. The maximum Gasteiger partial charge on any atom is 0.122 e. The molecular formula is C22H31NO3. The maximum atomic E-state index is 5.88. The highest BCUT2D eigenvalue weighted by Gasteiger charge is 2.25. The number of para-hydroxylation sites is 1. The van der Waals surface area contributed by atoms with Crippen molar-refractivity contribution < 1.29 is 13.9 Å². The summed E-state index contributed by atoms with van der Waals surface area (Å²) in [6.45, 7) is 6.27. The fourth-order valence-electron chi connectivity index (χ4n) is 3.80. The second kappa shape index (κ2) is 9.24. The highest BCUT2D eigenvalue weighted by atomic mass is 16.5. The van der Waals surface area contributed by atoms with Crippen LogP contribution in [0.2, 0.25) is 0 Å². The largest absolute Gasteiger partial charge is 0.496 e. The first kappa shape index (κ1) is 19.0. The van der Waals surface area contributed by atoms with Crippen molar-refractivity contribution >= 4 is 0 Å². The molecule has 26 heavy (non-hydrogen) atoms. The average molecular weight is 357 g/mol. The van der Waals surface area contributed by atoms with E-state index in [1.807, 2.05) is 18.2 Å². The molecule has 0 spiro atoms. The van der Waals surface area contributed by atoms with Crippen LogP contribution in [-0.2, 0) is 4.74 Å². The van der Waals surface area contributed by atoms with Gasteiger partial charge in [0, 0.05) is 24.1 Å². The van der Waals surface area contributed by atoms with Gasteiger partial charge in [0.1, 0.15) is 11.5 Å². The summed E-state index contributed by atoms with van der Waals surface area (Å²) in [7, 11) is 1.73. The summed E-state index contributed by atoms with van der Waals surface area (Å²) >= 11 is 0. The molecule has 2 aromatic rings. The Balaban J connectivity index is 1.64. The van der Waals surface area contributed by atoms with Crippen molar-refractivity contribution in [2.45, 2.75) is 51.2 Å². The van der Waals surface area contributed by atoms with Gasteiger partial charge in [-0.3, -0.25) is 0 Å². The molecule has 0 bridgehead atoms. The molecule has 4 heteroatoms. The van der Waals surface area contributed by atoms with Crippen LogP contribution >= 0.6 is 0 Å². The van der Waals surface area contributed by atoms with Crippen molar-refractivity contribution in [1.82, 2.24) is 5.32 Å². The molecule has 3 rings (SSSR count). The van der Waals surface area contributed by atoms with E-state index in [2.05, 4.69) is 37.4 Å². The van der Waals surface area contributed by atoms with Gasteiger partial charge in [-0.25, -0.2) is 0 Å². The van der Waals surface area contributed by atoms with Crippen LogP contribution in [0.3, 0.4) is 0 Å². The third-order valence-corrected chi connectivity index (χ3v) is 5.33. The molecule has 1 aliphatic rings. The predicted octanol–water partition coefficient (Wildman–Crippen LogP) is 4.60. The molecule has 0 amide bonds. The lowest BCUT2D eigenvalue weighted by molar-refractivity contribution is -0.0243. The molecule has 3 atom stereocenters. The molecule has 4 nitrogen and oxygen atoms in total. The van der Waals surface area contributed by atoms with Crippen molar-refractivity contribution in [2.24, 2.45) is 5.92 Å². The van der Waals surface area contributed by atoms with Crippen LogP contribution in [0.1, 0.15) is 50.4 Å². The Morgan fingerprint density at radius 3 is 2.77 bits per heavy atom. The van der Waals surface area contributed by atoms with E-state index in [4.69, 9.17) is 13.9 Å². The molecule has 1 fully saturated rings. The normalized spacial score (nSPS) is 21.7. The van der Waals surface area contributed by atoms with E-state index in [0.717, 1.165) is 43.9 Å². The Bertz CT molecular complexity index is 653. The van der Waals surface area contributed by atoms with Crippen LogP contribution in [0.4, 0.5) is 0 Å². The predicted molar refractivity (Wildman–Crippen MR) is 104 cm³/mol. The van der Waals surface area contributed by atoms with Gasteiger partial charge in [0.15, 0.2) is 0 Å². The molecule has 0 aliphatic carbocycles. The summed E-state index contributed by atoms with van der Waals surface area (Å²) in [5, 5.41) is 3.74. The molecule has 1 saturated heterocycles. The zero-order valence-electron chi connectivity index (χ0n) is 16.1. The smallest absolute Gasteiger partial charge is 0.122 e. The highest BCUT2D eigenvalue weighted by Crippen LogP contribution is 2.34. The van der Waals surface area contributed by atoms with E-state index in [1.165, 1.54) is 5.56 Å². The third-order valence-electron chi connectivity index (χ3n) is 5.33. The molecule has 1 aromatic carbocycles. The number of furan rings is 1. The van der Waals surface area contributed by atoms with E-state index in [1.54, 1.807) is 13.4 Å². The van der Waals surface area contributed by atoms with Crippen molar-refractivity contribution in [3.05, 3.63) is 54.0 Å². The van der Waals surface area contributed by atoms with Crippen molar-refractivity contribution in [3.8, 4) is 5.75 Å². The van der Waals surface area contributed by atoms with Crippen molar-refractivity contribution in [2.75, 3.05) is 20.3 Å².